The Balaban J connectivity index is 1.48. The molecule has 0 radical (unpaired) electrons. The summed E-state index contributed by atoms with van der Waals surface area (Å²) >= 11 is 0. The summed E-state index contributed by atoms with van der Waals surface area (Å²) in [7, 11) is 0. The van der Waals surface area contributed by atoms with Crippen molar-refractivity contribution >= 4 is 17.3 Å². The normalized spacial score (nSPS) is 13.7. The number of benzene rings is 2. The van der Waals surface area contributed by atoms with E-state index in [1.54, 1.807) is 0 Å². The summed E-state index contributed by atoms with van der Waals surface area (Å²) in [6.07, 6.45) is 26.6. The van der Waals surface area contributed by atoms with E-state index < -0.39 is 5.91 Å². The maximum atomic E-state index is 12.7. The van der Waals surface area contributed by atoms with Crippen LogP contribution in [0.1, 0.15) is 153 Å². The average molecular weight is 633 g/mol. The molecule has 6 heteroatoms. The maximum absolute atomic E-state index is 12.7. The second kappa shape index (κ2) is 23.1. The number of aliphatic imine (C=N–C) groups is 1. The van der Waals surface area contributed by atoms with Crippen molar-refractivity contribution in [3.8, 4) is 11.5 Å². The van der Waals surface area contributed by atoms with E-state index >= 15 is 0 Å². The molecule has 1 aliphatic rings. The number of amides is 1. The van der Waals surface area contributed by atoms with Gasteiger partial charge in [0.2, 0.25) is 0 Å². The van der Waals surface area contributed by atoms with Crippen LogP contribution in [0.4, 0.5) is 5.69 Å². The van der Waals surface area contributed by atoms with E-state index in [0.717, 1.165) is 41.7 Å². The van der Waals surface area contributed by atoms with Gasteiger partial charge in [-0.15, -0.1) is 0 Å². The minimum Gasteiger partial charge on any atom is -0.513 e. The maximum Gasteiger partial charge on any atom is 0.277 e. The van der Waals surface area contributed by atoms with Gasteiger partial charge in [0, 0.05) is 11.1 Å². The minimum absolute atomic E-state index is 0.0414. The molecule has 1 aliphatic heterocycles. The Morgan fingerprint density at radius 1 is 0.630 bits per heavy atom. The lowest BCUT2D eigenvalue weighted by molar-refractivity contribution is -0.113. The van der Waals surface area contributed by atoms with Crippen LogP contribution in [0.25, 0.3) is 0 Å². The lowest BCUT2D eigenvalue weighted by Gasteiger charge is -2.13. The van der Waals surface area contributed by atoms with Gasteiger partial charge in [0.1, 0.15) is 17.8 Å². The van der Waals surface area contributed by atoms with Crippen molar-refractivity contribution in [1.82, 2.24) is 0 Å². The fraction of sp³-hybridized carbons (Fsp3) is 0.600. The van der Waals surface area contributed by atoms with Crippen LogP contribution >= 0.6 is 0 Å². The van der Waals surface area contributed by atoms with Crippen LogP contribution < -0.4 is 14.8 Å². The van der Waals surface area contributed by atoms with Crippen molar-refractivity contribution in [1.29, 1.82) is 0 Å². The first kappa shape index (κ1) is 37.2. The largest absolute Gasteiger partial charge is 0.513 e. The molecule has 0 aliphatic carbocycles. The van der Waals surface area contributed by atoms with Crippen molar-refractivity contribution in [3.63, 3.8) is 0 Å². The molecule has 0 bridgehead atoms. The highest BCUT2D eigenvalue weighted by Gasteiger charge is 2.22. The van der Waals surface area contributed by atoms with Crippen molar-refractivity contribution in [3.05, 3.63) is 65.6 Å². The van der Waals surface area contributed by atoms with E-state index in [1.165, 1.54) is 116 Å². The summed E-state index contributed by atoms with van der Waals surface area (Å²) in [6, 6.07) is 13.5. The van der Waals surface area contributed by atoms with Gasteiger partial charge in [-0.1, -0.05) is 129 Å². The molecule has 3 rings (SSSR count). The highest BCUT2D eigenvalue weighted by molar-refractivity contribution is 6.22. The third-order valence-corrected chi connectivity index (χ3v) is 8.74. The molecule has 1 heterocycles. The topological polar surface area (TPSA) is 80.2 Å². The molecule has 0 aromatic heterocycles. The zero-order valence-corrected chi connectivity index (χ0v) is 28.8. The summed E-state index contributed by atoms with van der Waals surface area (Å²) in [6.45, 7) is 5.88. The van der Waals surface area contributed by atoms with Gasteiger partial charge in [-0.25, -0.2) is 4.99 Å². The molecule has 0 saturated heterocycles. The zero-order valence-electron chi connectivity index (χ0n) is 28.8. The summed E-state index contributed by atoms with van der Waals surface area (Å²) in [4.78, 5) is 17.3. The quantitative estimate of drug-likeness (QED) is 0.0648. The lowest BCUT2D eigenvalue weighted by Crippen LogP contribution is -2.12. The van der Waals surface area contributed by atoms with E-state index in [0.29, 0.717) is 24.6 Å². The Labute approximate surface area is 279 Å². The van der Waals surface area contributed by atoms with Crippen LogP contribution in [0.2, 0.25) is 0 Å². The van der Waals surface area contributed by atoms with Crippen LogP contribution in [0.5, 0.6) is 11.5 Å². The van der Waals surface area contributed by atoms with Gasteiger partial charge < -0.3 is 19.9 Å². The molecule has 254 valence electrons. The van der Waals surface area contributed by atoms with Crippen molar-refractivity contribution in [2.24, 2.45) is 4.99 Å². The van der Waals surface area contributed by atoms with Crippen LogP contribution in [0.15, 0.2) is 59.4 Å². The number of carbonyl (C=O) groups is 1. The number of hydrogen-bond acceptors (Lipinski definition) is 5. The van der Waals surface area contributed by atoms with Crippen molar-refractivity contribution < 1.29 is 19.4 Å². The van der Waals surface area contributed by atoms with Crippen LogP contribution in [-0.4, -0.2) is 29.9 Å². The Morgan fingerprint density at radius 3 is 1.59 bits per heavy atom. The molecule has 46 heavy (non-hydrogen) atoms. The highest BCUT2D eigenvalue weighted by atomic mass is 16.5. The smallest absolute Gasteiger partial charge is 0.277 e. The van der Waals surface area contributed by atoms with E-state index in [1.807, 2.05) is 42.5 Å². The van der Waals surface area contributed by atoms with Gasteiger partial charge >= 0.3 is 0 Å². The number of carbonyl (C=O) groups excluding carboxylic acids is 1. The molecular weight excluding hydrogens is 572 g/mol. The first-order chi connectivity index (χ1) is 22.7. The fourth-order valence-corrected chi connectivity index (χ4v) is 5.91. The first-order valence-electron chi connectivity index (χ1n) is 18.4. The van der Waals surface area contributed by atoms with Gasteiger partial charge in [-0.2, -0.15) is 0 Å². The van der Waals surface area contributed by atoms with E-state index in [-0.39, 0.29) is 5.70 Å². The number of rotatable bonds is 25. The highest BCUT2D eigenvalue weighted by Crippen LogP contribution is 2.30. The molecule has 0 spiro atoms. The number of aliphatic hydroxyl groups is 1. The summed E-state index contributed by atoms with van der Waals surface area (Å²) in [5, 5.41) is 12.6. The molecule has 0 atom stereocenters. The molecular formula is C40H60N2O4. The lowest BCUT2D eigenvalue weighted by atomic mass is 10.00. The number of nitrogens with one attached hydrogen (secondary N) is 1. The number of unbranched alkanes of at least 4 members (excludes halogenated alkanes) is 18. The molecule has 2 aromatic rings. The zero-order chi connectivity index (χ0) is 32.7. The third-order valence-electron chi connectivity index (χ3n) is 8.74. The number of fused-ring (bicyclic) bond motifs is 1. The SMILES string of the molecule is CCCCCCCCCCCCOc1ccc(C2=N/C(=C/O)C(=O)Nc3ccc(OCCCCCCCCCCCC)cc32)cc1. The summed E-state index contributed by atoms with van der Waals surface area (Å²) in [5.41, 5.74) is 2.77. The van der Waals surface area contributed by atoms with Crippen molar-refractivity contribution in [2.45, 2.75) is 142 Å². The van der Waals surface area contributed by atoms with Crippen LogP contribution in [0.3, 0.4) is 0 Å². The number of nitrogens with zero attached hydrogens (tertiary/aromatic N) is 1. The Kier molecular flexibility index (Phi) is 18.7. The number of benzodiazepines with no additional fused rings is 1. The minimum atomic E-state index is -0.450. The molecule has 1 amide bonds. The number of ether oxygens (including phenoxy) is 2. The Hall–Kier alpha value is -3.28. The van der Waals surface area contributed by atoms with Gasteiger partial charge in [0.25, 0.3) is 5.91 Å². The average Bonchev–Trinajstić information content (AvgIpc) is 3.21. The molecule has 0 fully saturated rings. The van der Waals surface area contributed by atoms with Crippen molar-refractivity contribution in [2.75, 3.05) is 18.5 Å². The predicted molar refractivity (Wildman–Crippen MR) is 193 cm³/mol. The van der Waals surface area contributed by atoms with E-state index in [9.17, 15) is 9.90 Å². The van der Waals surface area contributed by atoms with Crippen LogP contribution in [0, 0.1) is 0 Å². The van der Waals surface area contributed by atoms with Gasteiger partial charge in [-0.05, 0) is 55.3 Å². The van der Waals surface area contributed by atoms with Gasteiger partial charge in [-0.3, -0.25) is 4.79 Å². The molecule has 2 aromatic carbocycles. The van der Waals surface area contributed by atoms with Crippen LogP contribution in [-0.2, 0) is 4.79 Å². The summed E-state index contributed by atoms with van der Waals surface area (Å²) in [5.74, 6) is 1.11. The number of aliphatic hydroxyl groups excluding tert-OH is 1. The Morgan fingerprint density at radius 2 is 1.09 bits per heavy atom. The molecule has 0 saturated carbocycles. The first-order valence-corrected chi connectivity index (χ1v) is 18.4. The standard InChI is InChI=1S/C40H60N2O4/c1-3-5-7-9-11-13-15-17-19-21-29-45-34-25-23-33(24-26-34)39-36-31-35(27-28-37(36)42-40(44)38(32-43)41-39)46-30-22-20-18-16-14-12-10-8-6-4-2/h23-28,31-32,43H,3-22,29-30H2,1-2H3,(H,42,44)/b38-32+. The second-order valence-electron chi connectivity index (χ2n) is 12.7. The predicted octanol–water partition coefficient (Wildman–Crippen LogP) is 11.5. The number of anilines is 1. The van der Waals surface area contributed by atoms with Gasteiger partial charge in [0.05, 0.1) is 24.6 Å². The Bertz CT molecular complexity index is 1190. The molecule has 2 N–H and O–H groups in total. The second-order valence-corrected chi connectivity index (χ2v) is 12.7. The van der Waals surface area contributed by atoms with Gasteiger partial charge in [0.15, 0.2) is 5.70 Å². The number of hydrogen-bond donors (Lipinski definition) is 2. The third kappa shape index (κ3) is 14.0. The monoisotopic (exact) mass is 632 g/mol. The fourth-order valence-electron chi connectivity index (χ4n) is 5.91. The molecule has 0 unspecified atom stereocenters. The molecule has 6 nitrogen and oxygen atoms in total. The summed E-state index contributed by atoms with van der Waals surface area (Å²) < 4.78 is 12.1. The van der Waals surface area contributed by atoms with E-state index in [2.05, 4.69) is 24.2 Å². The van der Waals surface area contributed by atoms with E-state index in [4.69, 9.17) is 9.47 Å².